The number of carbonyl (C=O) groups excluding carboxylic acids is 1. The number of amides is 1. The number of halogens is 1. The van der Waals surface area contributed by atoms with Crippen molar-refractivity contribution in [3.8, 4) is 5.75 Å². The van der Waals surface area contributed by atoms with Crippen LogP contribution >= 0.6 is 11.6 Å². The van der Waals surface area contributed by atoms with Crippen molar-refractivity contribution in [3.05, 3.63) is 52.5 Å². The quantitative estimate of drug-likeness (QED) is 0.769. The molecular formula is C20H23ClN2O4S. The summed E-state index contributed by atoms with van der Waals surface area (Å²) in [4.78, 5) is 12.3. The minimum absolute atomic E-state index is 0.131. The zero-order valence-electron chi connectivity index (χ0n) is 15.9. The van der Waals surface area contributed by atoms with Crippen LogP contribution in [0, 0.1) is 13.8 Å². The summed E-state index contributed by atoms with van der Waals surface area (Å²) in [7, 11) is -3.54. The molecule has 0 aliphatic carbocycles. The number of sulfonamides is 1. The number of anilines is 1. The van der Waals surface area contributed by atoms with Crippen molar-refractivity contribution in [2.45, 2.75) is 31.6 Å². The summed E-state index contributed by atoms with van der Waals surface area (Å²) in [5.41, 5.74) is 2.80. The fraction of sp³-hybridized carbons (Fsp3) is 0.350. The maximum atomic E-state index is 12.6. The lowest BCUT2D eigenvalue weighted by Gasteiger charge is -2.16. The first-order valence-electron chi connectivity index (χ1n) is 9.07. The first-order chi connectivity index (χ1) is 13.3. The predicted octanol–water partition coefficient (Wildman–Crippen LogP) is 3.76. The Hall–Kier alpha value is -2.09. The van der Waals surface area contributed by atoms with Gasteiger partial charge < -0.3 is 10.1 Å². The highest BCUT2D eigenvalue weighted by molar-refractivity contribution is 7.89. The largest absolute Gasteiger partial charge is 0.482 e. The number of benzene rings is 2. The zero-order chi connectivity index (χ0) is 20.3. The number of ether oxygens (including phenoxy) is 1. The molecule has 0 saturated carbocycles. The number of hydrogen-bond acceptors (Lipinski definition) is 4. The molecule has 1 saturated heterocycles. The van der Waals surface area contributed by atoms with E-state index in [2.05, 4.69) is 5.32 Å². The Morgan fingerprint density at radius 2 is 1.89 bits per heavy atom. The molecule has 1 heterocycles. The Bertz CT molecular complexity index is 986. The van der Waals surface area contributed by atoms with Gasteiger partial charge >= 0.3 is 0 Å². The third-order valence-corrected chi connectivity index (χ3v) is 7.03. The first kappa shape index (κ1) is 20.6. The van der Waals surface area contributed by atoms with Crippen molar-refractivity contribution in [2.75, 3.05) is 25.0 Å². The van der Waals surface area contributed by atoms with Crippen molar-refractivity contribution in [2.24, 2.45) is 0 Å². The summed E-state index contributed by atoms with van der Waals surface area (Å²) in [5.74, 6) is -0.0586. The molecule has 150 valence electrons. The van der Waals surface area contributed by atoms with Gasteiger partial charge in [0.25, 0.3) is 5.91 Å². The summed E-state index contributed by atoms with van der Waals surface area (Å²) >= 11 is 6.19. The van der Waals surface area contributed by atoms with Crippen LogP contribution in [-0.4, -0.2) is 38.3 Å². The van der Waals surface area contributed by atoms with E-state index in [0.717, 1.165) is 29.7 Å². The van der Waals surface area contributed by atoms with E-state index in [-0.39, 0.29) is 28.2 Å². The van der Waals surface area contributed by atoms with Crippen LogP contribution in [0.15, 0.2) is 41.3 Å². The highest BCUT2D eigenvalue weighted by Crippen LogP contribution is 2.30. The van der Waals surface area contributed by atoms with Crippen LogP contribution in [0.5, 0.6) is 5.75 Å². The molecule has 0 aromatic heterocycles. The van der Waals surface area contributed by atoms with Crippen molar-refractivity contribution in [1.29, 1.82) is 0 Å². The van der Waals surface area contributed by atoms with Crippen LogP contribution in [0.4, 0.5) is 5.69 Å². The van der Waals surface area contributed by atoms with Gasteiger partial charge in [0, 0.05) is 18.8 Å². The van der Waals surface area contributed by atoms with Crippen LogP contribution in [0.2, 0.25) is 5.02 Å². The van der Waals surface area contributed by atoms with Gasteiger partial charge in [-0.2, -0.15) is 4.31 Å². The van der Waals surface area contributed by atoms with E-state index in [9.17, 15) is 13.2 Å². The number of nitrogens with zero attached hydrogens (tertiary/aromatic N) is 1. The lowest BCUT2D eigenvalue weighted by molar-refractivity contribution is -0.118. The van der Waals surface area contributed by atoms with E-state index >= 15 is 0 Å². The Labute approximate surface area is 170 Å². The summed E-state index contributed by atoms with van der Waals surface area (Å²) in [6.07, 6.45) is 1.73. The second kappa shape index (κ2) is 8.51. The van der Waals surface area contributed by atoms with Gasteiger partial charge in [0.15, 0.2) is 6.61 Å². The van der Waals surface area contributed by atoms with Crippen LogP contribution in [-0.2, 0) is 14.8 Å². The summed E-state index contributed by atoms with van der Waals surface area (Å²) in [5, 5.41) is 2.96. The Morgan fingerprint density at radius 1 is 1.18 bits per heavy atom. The van der Waals surface area contributed by atoms with Gasteiger partial charge in [-0.05, 0) is 62.1 Å². The van der Waals surface area contributed by atoms with Gasteiger partial charge in [-0.1, -0.05) is 23.7 Å². The summed E-state index contributed by atoms with van der Waals surface area (Å²) < 4.78 is 32.1. The van der Waals surface area contributed by atoms with E-state index in [1.165, 1.54) is 22.5 Å². The Morgan fingerprint density at radius 3 is 2.57 bits per heavy atom. The van der Waals surface area contributed by atoms with E-state index in [1.54, 1.807) is 0 Å². The fourth-order valence-electron chi connectivity index (χ4n) is 3.05. The van der Waals surface area contributed by atoms with Crippen LogP contribution in [0.3, 0.4) is 0 Å². The van der Waals surface area contributed by atoms with Crippen molar-refractivity contribution in [3.63, 3.8) is 0 Å². The summed E-state index contributed by atoms with van der Waals surface area (Å²) in [6, 6.07) is 9.97. The van der Waals surface area contributed by atoms with Gasteiger partial charge in [0.05, 0.1) is 9.92 Å². The molecule has 1 N–H and O–H groups in total. The van der Waals surface area contributed by atoms with Gasteiger partial charge in [-0.3, -0.25) is 4.79 Å². The molecule has 0 radical (unpaired) electrons. The normalized spacial score (nSPS) is 14.8. The molecule has 0 bridgehead atoms. The monoisotopic (exact) mass is 422 g/mol. The van der Waals surface area contributed by atoms with Gasteiger partial charge in [-0.15, -0.1) is 0 Å². The molecule has 6 nitrogen and oxygen atoms in total. The second-order valence-corrected chi connectivity index (χ2v) is 9.13. The molecule has 1 amide bonds. The average molecular weight is 423 g/mol. The molecule has 0 atom stereocenters. The fourth-order valence-corrected chi connectivity index (χ4v) is 4.90. The molecule has 1 fully saturated rings. The highest BCUT2D eigenvalue weighted by Gasteiger charge is 2.27. The summed E-state index contributed by atoms with van der Waals surface area (Å²) in [6.45, 7) is 4.72. The van der Waals surface area contributed by atoms with E-state index in [1.807, 2.05) is 32.0 Å². The van der Waals surface area contributed by atoms with Crippen molar-refractivity contribution < 1.29 is 17.9 Å². The number of aryl methyl sites for hydroxylation is 1. The number of nitrogens with one attached hydrogen (secondary N) is 1. The number of hydrogen-bond donors (Lipinski definition) is 1. The molecule has 1 aliphatic rings. The average Bonchev–Trinajstić information content (AvgIpc) is 3.20. The van der Waals surface area contributed by atoms with E-state index in [4.69, 9.17) is 16.3 Å². The maximum absolute atomic E-state index is 12.6. The molecule has 28 heavy (non-hydrogen) atoms. The topological polar surface area (TPSA) is 75.7 Å². The van der Waals surface area contributed by atoms with Gasteiger partial charge in [0.1, 0.15) is 5.75 Å². The first-order valence-corrected chi connectivity index (χ1v) is 10.9. The maximum Gasteiger partial charge on any atom is 0.262 e. The molecule has 0 spiro atoms. The molecule has 2 aromatic rings. The SMILES string of the molecule is Cc1cccc(NC(=O)COc2ccc(S(=O)(=O)N3CCCC3)cc2Cl)c1C. The number of carbonyl (C=O) groups is 1. The molecule has 8 heteroatoms. The van der Waals surface area contributed by atoms with Crippen molar-refractivity contribution >= 4 is 33.2 Å². The highest BCUT2D eigenvalue weighted by atomic mass is 35.5. The Kier molecular flexibility index (Phi) is 6.27. The van der Waals surface area contributed by atoms with Gasteiger partial charge in [-0.25, -0.2) is 8.42 Å². The second-order valence-electron chi connectivity index (χ2n) is 6.79. The Balaban J connectivity index is 1.65. The predicted molar refractivity (Wildman–Crippen MR) is 109 cm³/mol. The molecule has 1 aliphatic heterocycles. The smallest absolute Gasteiger partial charge is 0.262 e. The molecule has 2 aromatic carbocycles. The molecular weight excluding hydrogens is 400 g/mol. The van der Waals surface area contributed by atoms with Crippen LogP contribution in [0.25, 0.3) is 0 Å². The third-order valence-electron chi connectivity index (χ3n) is 4.84. The molecule has 3 rings (SSSR count). The van der Waals surface area contributed by atoms with Crippen LogP contribution in [0.1, 0.15) is 24.0 Å². The van der Waals surface area contributed by atoms with E-state index < -0.39 is 10.0 Å². The zero-order valence-corrected chi connectivity index (χ0v) is 17.4. The van der Waals surface area contributed by atoms with E-state index in [0.29, 0.717) is 13.1 Å². The minimum atomic E-state index is -3.54. The van der Waals surface area contributed by atoms with Gasteiger partial charge in [0.2, 0.25) is 10.0 Å². The minimum Gasteiger partial charge on any atom is -0.482 e. The standard InChI is InChI=1S/C20H23ClN2O4S/c1-14-6-5-7-18(15(14)2)22-20(24)13-27-19-9-8-16(12-17(19)21)28(25,26)23-10-3-4-11-23/h5-9,12H,3-4,10-11,13H2,1-2H3,(H,22,24). The third kappa shape index (κ3) is 4.48. The molecule has 0 unspecified atom stereocenters. The lowest BCUT2D eigenvalue weighted by atomic mass is 10.1. The lowest BCUT2D eigenvalue weighted by Crippen LogP contribution is -2.27. The number of rotatable bonds is 6. The van der Waals surface area contributed by atoms with Crippen LogP contribution < -0.4 is 10.1 Å². The van der Waals surface area contributed by atoms with Crippen molar-refractivity contribution in [1.82, 2.24) is 4.31 Å².